The van der Waals surface area contributed by atoms with Crippen molar-refractivity contribution in [3.8, 4) is 5.75 Å². The standard InChI is InChI=1S/C26H24N2O3/c1-19-26(30)28(17-16-21-10-6-3-7-11-21)23-14-13-22(18-24(23)31-19)27-25(29)15-12-20-8-4-2-5-9-20/h2-15,18-19H,16-17H2,1H3,(H,27,29)/b15-12+. The third kappa shape index (κ3) is 5.01. The van der Waals surface area contributed by atoms with Crippen molar-refractivity contribution >= 4 is 29.3 Å². The number of anilines is 2. The number of fused-ring (bicyclic) bond motifs is 1. The first kappa shape index (κ1) is 20.4. The van der Waals surface area contributed by atoms with Gasteiger partial charge in [-0.15, -0.1) is 0 Å². The van der Waals surface area contributed by atoms with Crippen LogP contribution in [0.2, 0.25) is 0 Å². The molecule has 0 radical (unpaired) electrons. The highest BCUT2D eigenvalue weighted by molar-refractivity contribution is 6.03. The first-order valence-corrected chi connectivity index (χ1v) is 10.3. The van der Waals surface area contributed by atoms with Gasteiger partial charge in [0.2, 0.25) is 5.91 Å². The molecule has 5 heteroatoms. The molecular weight excluding hydrogens is 388 g/mol. The molecule has 2 amide bonds. The maximum Gasteiger partial charge on any atom is 0.267 e. The van der Waals surface area contributed by atoms with Gasteiger partial charge in [-0.25, -0.2) is 0 Å². The summed E-state index contributed by atoms with van der Waals surface area (Å²) < 4.78 is 5.82. The highest BCUT2D eigenvalue weighted by Gasteiger charge is 2.31. The molecular formula is C26H24N2O3. The molecule has 4 rings (SSSR count). The topological polar surface area (TPSA) is 58.6 Å². The van der Waals surface area contributed by atoms with Gasteiger partial charge in [-0.3, -0.25) is 9.59 Å². The Hall–Kier alpha value is -3.86. The van der Waals surface area contributed by atoms with Crippen LogP contribution in [0, 0.1) is 0 Å². The van der Waals surface area contributed by atoms with E-state index in [0.717, 1.165) is 17.7 Å². The maximum atomic E-state index is 12.7. The fraction of sp³-hybridized carbons (Fsp3) is 0.154. The Kier molecular flexibility index (Phi) is 6.13. The molecule has 1 N–H and O–H groups in total. The summed E-state index contributed by atoms with van der Waals surface area (Å²) in [5.74, 6) is 0.292. The Balaban J connectivity index is 1.47. The monoisotopic (exact) mass is 412 g/mol. The zero-order valence-corrected chi connectivity index (χ0v) is 17.3. The predicted molar refractivity (Wildman–Crippen MR) is 123 cm³/mol. The molecule has 1 atom stereocenters. The molecule has 3 aromatic rings. The van der Waals surface area contributed by atoms with E-state index in [4.69, 9.17) is 4.74 Å². The summed E-state index contributed by atoms with van der Waals surface area (Å²) in [5.41, 5.74) is 3.46. The summed E-state index contributed by atoms with van der Waals surface area (Å²) in [6, 6.07) is 25.1. The van der Waals surface area contributed by atoms with E-state index in [1.165, 1.54) is 11.6 Å². The lowest BCUT2D eigenvalue weighted by atomic mass is 10.1. The van der Waals surface area contributed by atoms with Gasteiger partial charge in [-0.1, -0.05) is 60.7 Å². The Bertz CT molecular complexity index is 1090. The van der Waals surface area contributed by atoms with Gasteiger partial charge < -0.3 is 15.0 Å². The lowest BCUT2D eigenvalue weighted by Crippen LogP contribution is -2.45. The Morgan fingerprint density at radius 1 is 1.03 bits per heavy atom. The highest BCUT2D eigenvalue weighted by Crippen LogP contribution is 2.36. The SMILES string of the molecule is CC1Oc2cc(NC(=O)/C=C/c3ccccc3)ccc2N(CCc2ccccc2)C1=O. The molecule has 1 aliphatic heterocycles. The number of benzene rings is 3. The largest absolute Gasteiger partial charge is 0.479 e. The first-order chi connectivity index (χ1) is 15.1. The van der Waals surface area contributed by atoms with Crippen LogP contribution in [0.25, 0.3) is 6.08 Å². The number of hydrogen-bond acceptors (Lipinski definition) is 3. The summed E-state index contributed by atoms with van der Waals surface area (Å²) in [5, 5.41) is 2.85. The van der Waals surface area contributed by atoms with Crippen molar-refractivity contribution in [3.05, 3.63) is 96.1 Å². The number of nitrogens with zero attached hydrogens (tertiary/aromatic N) is 1. The zero-order chi connectivity index (χ0) is 21.6. The Morgan fingerprint density at radius 3 is 2.48 bits per heavy atom. The summed E-state index contributed by atoms with van der Waals surface area (Å²) in [6.07, 6.45) is 3.43. The second kappa shape index (κ2) is 9.30. The molecule has 0 saturated carbocycles. The number of ether oxygens (including phenoxy) is 1. The summed E-state index contributed by atoms with van der Waals surface area (Å²) in [6.45, 7) is 2.31. The normalized spacial score (nSPS) is 15.5. The molecule has 1 unspecified atom stereocenters. The fourth-order valence-corrected chi connectivity index (χ4v) is 3.52. The molecule has 1 aliphatic rings. The number of nitrogens with one attached hydrogen (secondary N) is 1. The van der Waals surface area contributed by atoms with Crippen molar-refractivity contribution in [1.82, 2.24) is 0 Å². The van der Waals surface area contributed by atoms with Crippen molar-refractivity contribution in [2.24, 2.45) is 0 Å². The van der Waals surface area contributed by atoms with Crippen LogP contribution >= 0.6 is 0 Å². The average Bonchev–Trinajstić information content (AvgIpc) is 2.79. The summed E-state index contributed by atoms with van der Waals surface area (Å²) >= 11 is 0. The summed E-state index contributed by atoms with van der Waals surface area (Å²) in [7, 11) is 0. The molecule has 156 valence electrons. The van der Waals surface area contributed by atoms with Crippen LogP contribution in [-0.2, 0) is 16.0 Å². The number of amides is 2. The van der Waals surface area contributed by atoms with E-state index in [2.05, 4.69) is 17.4 Å². The number of hydrogen-bond donors (Lipinski definition) is 1. The van der Waals surface area contributed by atoms with E-state index in [1.54, 1.807) is 30.0 Å². The first-order valence-electron chi connectivity index (χ1n) is 10.3. The van der Waals surface area contributed by atoms with E-state index in [1.807, 2.05) is 54.6 Å². The third-order valence-corrected chi connectivity index (χ3v) is 5.13. The molecule has 1 heterocycles. The second-order valence-electron chi connectivity index (χ2n) is 7.40. The van der Waals surface area contributed by atoms with Crippen LogP contribution < -0.4 is 15.0 Å². The fourth-order valence-electron chi connectivity index (χ4n) is 3.52. The molecule has 0 bridgehead atoms. The average molecular weight is 412 g/mol. The van der Waals surface area contributed by atoms with Crippen LogP contribution in [0.5, 0.6) is 5.75 Å². The molecule has 3 aromatic carbocycles. The van der Waals surface area contributed by atoms with Gasteiger partial charge in [-0.05, 0) is 42.7 Å². The number of carbonyl (C=O) groups is 2. The van der Waals surface area contributed by atoms with E-state index in [9.17, 15) is 9.59 Å². The minimum atomic E-state index is -0.577. The quantitative estimate of drug-likeness (QED) is 0.598. The van der Waals surface area contributed by atoms with Gasteiger partial charge in [0.05, 0.1) is 5.69 Å². The zero-order valence-electron chi connectivity index (χ0n) is 17.3. The van der Waals surface area contributed by atoms with Crippen LogP contribution in [0.4, 0.5) is 11.4 Å². The minimum absolute atomic E-state index is 0.0639. The molecule has 0 aromatic heterocycles. The van der Waals surface area contributed by atoms with E-state index < -0.39 is 6.10 Å². The van der Waals surface area contributed by atoms with E-state index in [-0.39, 0.29) is 11.8 Å². The lowest BCUT2D eigenvalue weighted by Gasteiger charge is -2.33. The van der Waals surface area contributed by atoms with Gasteiger partial charge in [0, 0.05) is 24.4 Å². The van der Waals surface area contributed by atoms with Gasteiger partial charge >= 0.3 is 0 Å². The molecule has 0 aliphatic carbocycles. The van der Waals surface area contributed by atoms with Crippen molar-refractivity contribution in [1.29, 1.82) is 0 Å². The van der Waals surface area contributed by atoms with Crippen LogP contribution in [0.15, 0.2) is 84.9 Å². The van der Waals surface area contributed by atoms with Gasteiger partial charge in [0.1, 0.15) is 5.75 Å². The number of carbonyl (C=O) groups excluding carboxylic acids is 2. The summed E-state index contributed by atoms with van der Waals surface area (Å²) in [4.78, 5) is 26.8. The van der Waals surface area contributed by atoms with Gasteiger partial charge in [0.25, 0.3) is 5.91 Å². The molecule has 0 fully saturated rings. The maximum absolute atomic E-state index is 12.7. The molecule has 0 spiro atoms. The molecule has 5 nitrogen and oxygen atoms in total. The second-order valence-corrected chi connectivity index (χ2v) is 7.40. The van der Waals surface area contributed by atoms with Crippen molar-refractivity contribution in [2.45, 2.75) is 19.4 Å². The van der Waals surface area contributed by atoms with Crippen molar-refractivity contribution in [3.63, 3.8) is 0 Å². The number of rotatable bonds is 6. The smallest absolute Gasteiger partial charge is 0.267 e. The van der Waals surface area contributed by atoms with Crippen molar-refractivity contribution < 1.29 is 14.3 Å². The Labute approximate surface area is 182 Å². The van der Waals surface area contributed by atoms with Gasteiger partial charge in [-0.2, -0.15) is 0 Å². The van der Waals surface area contributed by atoms with Crippen molar-refractivity contribution in [2.75, 3.05) is 16.8 Å². The van der Waals surface area contributed by atoms with Crippen LogP contribution in [0.1, 0.15) is 18.1 Å². The predicted octanol–water partition coefficient (Wildman–Crippen LogP) is 4.70. The lowest BCUT2D eigenvalue weighted by molar-refractivity contribution is -0.125. The molecule has 0 saturated heterocycles. The van der Waals surface area contributed by atoms with Crippen LogP contribution in [-0.4, -0.2) is 24.5 Å². The van der Waals surface area contributed by atoms with Crippen LogP contribution in [0.3, 0.4) is 0 Å². The minimum Gasteiger partial charge on any atom is -0.479 e. The molecule has 31 heavy (non-hydrogen) atoms. The van der Waals surface area contributed by atoms with E-state index in [0.29, 0.717) is 18.0 Å². The van der Waals surface area contributed by atoms with Gasteiger partial charge in [0.15, 0.2) is 6.10 Å². The highest BCUT2D eigenvalue weighted by atomic mass is 16.5. The third-order valence-electron chi connectivity index (χ3n) is 5.13. The Morgan fingerprint density at radius 2 is 1.74 bits per heavy atom. The van der Waals surface area contributed by atoms with E-state index >= 15 is 0 Å².